The number of hydrogen-bond donors (Lipinski definition) is 0. The molecule has 1 rings (SSSR count). The van der Waals surface area contributed by atoms with E-state index in [2.05, 4.69) is 9.18 Å². The molecule has 1 aromatic carbocycles. The van der Waals surface area contributed by atoms with Crippen LogP contribution in [0.4, 0.5) is 13.2 Å². The summed E-state index contributed by atoms with van der Waals surface area (Å²) >= 11 is 0. The molecule has 0 aliphatic carbocycles. The van der Waals surface area contributed by atoms with Crippen molar-refractivity contribution in [1.82, 2.24) is 0 Å². The van der Waals surface area contributed by atoms with Gasteiger partial charge in [-0.2, -0.15) is 21.6 Å². The number of hydrogen-bond acceptors (Lipinski definition) is 5. The van der Waals surface area contributed by atoms with Gasteiger partial charge in [0.1, 0.15) is 6.61 Å². The number of nitrogens with zero attached hydrogens (tertiary/aromatic N) is 1. The summed E-state index contributed by atoms with van der Waals surface area (Å²) in [6, 6.07) is 5.60. The van der Waals surface area contributed by atoms with Gasteiger partial charge >= 0.3 is 15.6 Å². The van der Waals surface area contributed by atoms with E-state index < -0.39 is 28.1 Å². The van der Waals surface area contributed by atoms with Crippen LogP contribution >= 0.6 is 0 Å². The maximum absolute atomic E-state index is 11.9. The first kappa shape index (κ1) is 17.0. The van der Waals surface area contributed by atoms with E-state index in [0.29, 0.717) is 12.5 Å². The largest absolute Gasteiger partial charge is 0.523 e. The smallest absolute Gasteiger partial charge is 0.298 e. The molecule has 0 saturated carbocycles. The maximum atomic E-state index is 11.9. The van der Waals surface area contributed by atoms with Gasteiger partial charge in [-0.25, -0.2) is 4.99 Å². The van der Waals surface area contributed by atoms with Crippen LogP contribution in [0, 0.1) is 0 Å². The van der Waals surface area contributed by atoms with Crippen LogP contribution in [0.2, 0.25) is 0 Å². The van der Waals surface area contributed by atoms with Gasteiger partial charge in [0.2, 0.25) is 0 Å². The SMILES string of the molecule is O=Cc1ccccc1C(=O)N=CCOS(=O)(=O)C(F)(F)F. The van der Waals surface area contributed by atoms with E-state index in [1.165, 1.54) is 24.3 Å². The van der Waals surface area contributed by atoms with E-state index in [9.17, 15) is 31.2 Å². The van der Waals surface area contributed by atoms with Crippen molar-refractivity contribution in [3.8, 4) is 0 Å². The van der Waals surface area contributed by atoms with Crippen molar-refractivity contribution in [2.24, 2.45) is 4.99 Å². The molecule has 0 heterocycles. The highest BCUT2D eigenvalue weighted by molar-refractivity contribution is 7.87. The summed E-state index contributed by atoms with van der Waals surface area (Å²) in [6.45, 7) is -1.06. The third-order valence-corrected chi connectivity index (χ3v) is 3.12. The normalized spacial score (nSPS) is 12.5. The van der Waals surface area contributed by atoms with Gasteiger partial charge in [0.25, 0.3) is 5.91 Å². The number of alkyl halides is 3. The van der Waals surface area contributed by atoms with Crippen LogP contribution < -0.4 is 0 Å². The van der Waals surface area contributed by atoms with Gasteiger partial charge in [0.15, 0.2) is 6.29 Å². The van der Waals surface area contributed by atoms with Crippen molar-refractivity contribution < 1.29 is 35.4 Å². The Balaban J connectivity index is 2.71. The molecule has 0 bridgehead atoms. The number of aldehydes is 1. The predicted molar refractivity (Wildman–Crippen MR) is 65.6 cm³/mol. The molecule has 10 heteroatoms. The Labute approximate surface area is 117 Å². The van der Waals surface area contributed by atoms with Crippen LogP contribution in [0.25, 0.3) is 0 Å². The number of carbonyl (C=O) groups is 2. The summed E-state index contributed by atoms with van der Waals surface area (Å²) < 4.78 is 60.4. The lowest BCUT2D eigenvalue weighted by atomic mass is 10.1. The van der Waals surface area contributed by atoms with Crippen LogP contribution in [-0.2, 0) is 14.3 Å². The Bertz CT molecular complexity index is 667. The molecule has 0 aromatic heterocycles. The average molecular weight is 323 g/mol. The molecule has 21 heavy (non-hydrogen) atoms. The Morgan fingerprint density at radius 3 is 2.48 bits per heavy atom. The fraction of sp³-hybridized carbons (Fsp3) is 0.182. The number of rotatable bonds is 5. The van der Waals surface area contributed by atoms with E-state index in [0.717, 1.165) is 0 Å². The van der Waals surface area contributed by atoms with Gasteiger partial charge in [-0.1, -0.05) is 18.2 Å². The molecule has 114 valence electrons. The summed E-state index contributed by atoms with van der Waals surface area (Å²) in [5.41, 5.74) is -5.57. The Morgan fingerprint density at radius 1 is 1.29 bits per heavy atom. The number of aliphatic imine (C=N–C) groups is 1. The van der Waals surface area contributed by atoms with Crippen LogP contribution in [-0.4, -0.2) is 38.9 Å². The first-order valence-corrected chi connectivity index (χ1v) is 6.66. The standard InChI is InChI=1S/C11H8F3NO5S/c12-11(13,14)21(18,19)20-6-5-15-10(17)9-4-2-1-3-8(9)7-16/h1-5,7H,6H2. The highest BCUT2D eigenvalue weighted by atomic mass is 32.2. The lowest BCUT2D eigenvalue weighted by Crippen LogP contribution is -2.26. The minimum absolute atomic E-state index is 0.0449. The molecule has 6 nitrogen and oxygen atoms in total. The zero-order chi connectivity index (χ0) is 16.1. The maximum Gasteiger partial charge on any atom is 0.523 e. The van der Waals surface area contributed by atoms with Gasteiger partial charge in [-0.05, 0) is 6.07 Å². The van der Waals surface area contributed by atoms with Crippen LogP contribution in [0.3, 0.4) is 0 Å². The second kappa shape index (κ2) is 6.59. The van der Waals surface area contributed by atoms with Gasteiger partial charge in [-0.3, -0.25) is 13.8 Å². The summed E-state index contributed by atoms with van der Waals surface area (Å²) in [7, 11) is -5.73. The van der Waals surface area contributed by atoms with E-state index in [1.54, 1.807) is 0 Å². The highest BCUT2D eigenvalue weighted by Crippen LogP contribution is 2.24. The first-order valence-electron chi connectivity index (χ1n) is 5.26. The Morgan fingerprint density at radius 2 is 1.90 bits per heavy atom. The molecule has 1 amide bonds. The van der Waals surface area contributed by atoms with Crippen molar-refractivity contribution >= 4 is 28.5 Å². The second-order valence-electron chi connectivity index (χ2n) is 3.51. The zero-order valence-corrected chi connectivity index (χ0v) is 11.0. The van der Waals surface area contributed by atoms with Crippen molar-refractivity contribution in [1.29, 1.82) is 0 Å². The van der Waals surface area contributed by atoms with Crippen LogP contribution in [0.15, 0.2) is 29.3 Å². The molecule has 0 aliphatic rings. The summed E-state index contributed by atoms with van der Waals surface area (Å²) in [6.07, 6.45) is 0.973. The van der Waals surface area contributed by atoms with Gasteiger partial charge in [-0.15, -0.1) is 0 Å². The monoisotopic (exact) mass is 323 g/mol. The fourth-order valence-electron chi connectivity index (χ4n) is 1.17. The first-order chi connectivity index (χ1) is 9.69. The third-order valence-electron chi connectivity index (χ3n) is 2.11. The summed E-state index contributed by atoms with van der Waals surface area (Å²) in [5, 5.41) is 0. The van der Waals surface area contributed by atoms with Crippen molar-refractivity contribution in [3.05, 3.63) is 35.4 Å². The lowest BCUT2D eigenvalue weighted by Gasteiger charge is -2.05. The second-order valence-corrected chi connectivity index (χ2v) is 5.11. The molecule has 0 spiro atoms. The zero-order valence-electron chi connectivity index (χ0n) is 10.2. The van der Waals surface area contributed by atoms with E-state index in [4.69, 9.17) is 0 Å². The van der Waals surface area contributed by atoms with Crippen molar-refractivity contribution in [2.75, 3.05) is 6.61 Å². The minimum atomic E-state index is -5.73. The molecule has 0 radical (unpaired) electrons. The van der Waals surface area contributed by atoms with Gasteiger partial charge in [0.05, 0.1) is 5.56 Å². The molecule has 0 N–H and O–H groups in total. The van der Waals surface area contributed by atoms with Gasteiger partial charge < -0.3 is 0 Å². The highest BCUT2D eigenvalue weighted by Gasteiger charge is 2.47. The fourth-order valence-corrected chi connectivity index (χ4v) is 1.54. The average Bonchev–Trinajstić information content (AvgIpc) is 2.42. The molecule has 1 aromatic rings. The molecule has 0 unspecified atom stereocenters. The summed E-state index contributed by atoms with van der Waals surface area (Å²) in [5.74, 6) is -0.911. The van der Waals surface area contributed by atoms with E-state index in [1.807, 2.05) is 0 Å². The van der Waals surface area contributed by atoms with E-state index in [-0.39, 0.29) is 11.1 Å². The minimum Gasteiger partial charge on any atom is -0.298 e. The number of benzene rings is 1. The molecule has 0 fully saturated rings. The summed E-state index contributed by atoms with van der Waals surface area (Å²) in [4.78, 5) is 25.4. The number of carbonyl (C=O) groups excluding carboxylic acids is 2. The third kappa shape index (κ3) is 4.46. The van der Waals surface area contributed by atoms with Gasteiger partial charge in [0, 0.05) is 11.8 Å². The Kier molecular flexibility index (Phi) is 5.33. The molecule has 0 saturated heterocycles. The molecule has 0 aliphatic heterocycles. The molecule has 0 atom stereocenters. The van der Waals surface area contributed by atoms with Crippen molar-refractivity contribution in [3.63, 3.8) is 0 Å². The van der Waals surface area contributed by atoms with Crippen LogP contribution in [0.5, 0.6) is 0 Å². The number of halogens is 3. The molecular weight excluding hydrogens is 315 g/mol. The Hall–Kier alpha value is -2.07. The van der Waals surface area contributed by atoms with Crippen LogP contribution in [0.1, 0.15) is 20.7 Å². The lowest BCUT2D eigenvalue weighted by molar-refractivity contribution is -0.0532. The molecular formula is C11H8F3NO5S. The topological polar surface area (TPSA) is 89.9 Å². The quantitative estimate of drug-likeness (QED) is 0.355. The van der Waals surface area contributed by atoms with E-state index >= 15 is 0 Å². The predicted octanol–water partition coefficient (Wildman–Crippen LogP) is 1.58. The van der Waals surface area contributed by atoms with Crippen molar-refractivity contribution in [2.45, 2.75) is 5.51 Å². The number of amides is 1.